The Kier molecular flexibility index (Phi) is 1.94. The van der Waals surface area contributed by atoms with E-state index in [1.807, 2.05) is 24.3 Å². The Bertz CT molecular complexity index is 151. The van der Waals surface area contributed by atoms with Crippen molar-refractivity contribution in [1.29, 1.82) is 0 Å². The Morgan fingerprint density at radius 2 is 2.33 bits per heavy atom. The highest BCUT2D eigenvalue weighted by atomic mass is 35.5. The standard InChI is InChI=1S/C7H9ClO/c1-9-7(8)5-3-2-4-6-7/h2-5H,6H2,1H3. The van der Waals surface area contributed by atoms with Gasteiger partial charge in [0.25, 0.3) is 0 Å². The Labute approximate surface area is 60.0 Å². The molecule has 9 heavy (non-hydrogen) atoms. The lowest BCUT2D eigenvalue weighted by molar-refractivity contribution is 0.106. The molecule has 0 aliphatic heterocycles. The largest absolute Gasteiger partial charge is 0.359 e. The maximum Gasteiger partial charge on any atom is 0.163 e. The first-order valence-electron chi connectivity index (χ1n) is 2.85. The van der Waals surface area contributed by atoms with Crippen LogP contribution in [0, 0.1) is 0 Å². The summed E-state index contributed by atoms with van der Waals surface area (Å²) in [6.45, 7) is 0. The highest BCUT2D eigenvalue weighted by molar-refractivity contribution is 6.24. The third-order valence-electron chi connectivity index (χ3n) is 1.33. The maximum absolute atomic E-state index is 5.90. The molecule has 0 spiro atoms. The van der Waals surface area contributed by atoms with Gasteiger partial charge in [0.15, 0.2) is 5.06 Å². The third-order valence-corrected chi connectivity index (χ3v) is 1.76. The first-order chi connectivity index (χ1) is 4.27. The summed E-state index contributed by atoms with van der Waals surface area (Å²) in [7, 11) is 1.61. The monoisotopic (exact) mass is 144 g/mol. The van der Waals surface area contributed by atoms with Gasteiger partial charge in [-0.3, -0.25) is 0 Å². The van der Waals surface area contributed by atoms with E-state index in [9.17, 15) is 0 Å². The van der Waals surface area contributed by atoms with Crippen LogP contribution in [0.5, 0.6) is 0 Å². The summed E-state index contributed by atoms with van der Waals surface area (Å²) in [5.41, 5.74) is 0. The van der Waals surface area contributed by atoms with Crippen LogP contribution in [0.3, 0.4) is 0 Å². The van der Waals surface area contributed by atoms with E-state index in [2.05, 4.69) is 0 Å². The topological polar surface area (TPSA) is 9.23 Å². The minimum Gasteiger partial charge on any atom is -0.359 e. The minimum absolute atomic E-state index is 0.575. The van der Waals surface area contributed by atoms with Crippen molar-refractivity contribution in [3.8, 4) is 0 Å². The van der Waals surface area contributed by atoms with Gasteiger partial charge in [0.2, 0.25) is 0 Å². The Balaban J connectivity index is 2.63. The molecule has 0 heterocycles. The Morgan fingerprint density at radius 1 is 1.56 bits per heavy atom. The average molecular weight is 145 g/mol. The fourth-order valence-electron chi connectivity index (χ4n) is 0.726. The van der Waals surface area contributed by atoms with Crippen molar-refractivity contribution >= 4 is 11.6 Å². The highest BCUT2D eigenvalue weighted by Gasteiger charge is 2.21. The lowest BCUT2D eigenvalue weighted by atomic mass is 10.1. The zero-order valence-corrected chi connectivity index (χ0v) is 6.06. The molecule has 50 valence electrons. The molecule has 1 aliphatic rings. The molecule has 0 amide bonds. The van der Waals surface area contributed by atoms with Crippen molar-refractivity contribution < 1.29 is 4.74 Å². The second-order valence-corrected chi connectivity index (χ2v) is 2.62. The first-order valence-corrected chi connectivity index (χ1v) is 3.23. The number of alkyl halides is 1. The molecule has 1 rings (SSSR count). The van der Waals surface area contributed by atoms with Crippen LogP contribution < -0.4 is 0 Å². The molecule has 0 aromatic carbocycles. The van der Waals surface area contributed by atoms with Crippen LogP contribution in [0.25, 0.3) is 0 Å². The van der Waals surface area contributed by atoms with E-state index < -0.39 is 5.06 Å². The Hall–Kier alpha value is -0.270. The van der Waals surface area contributed by atoms with Gasteiger partial charge in [-0.05, 0) is 6.08 Å². The number of methoxy groups -OCH3 is 1. The van der Waals surface area contributed by atoms with E-state index in [1.165, 1.54) is 0 Å². The van der Waals surface area contributed by atoms with Crippen LogP contribution in [-0.2, 0) is 4.74 Å². The van der Waals surface area contributed by atoms with Crippen molar-refractivity contribution in [3.63, 3.8) is 0 Å². The number of allylic oxidation sites excluding steroid dienone is 2. The molecule has 0 saturated carbocycles. The zero-order chi connectivity index (χ0) is 6.74. The lowest BCUT2D eigenvalue weighted by Crippen LogP contribution is -2.20. The molecule has 0 N–H and O–H groups in total. The van der Waals surface area contributed by atoms with Crippen molar-refractivity contribution in [1.82, 2.24) is 0 Å². The van der Waals surface area contributed by atoms with Crippen molar-refractivity contribution in [2.45, 2.75) is 11.5 Å². The quantitative estimate of drug-likeness (QED) is 0.512. The molecule has 1 unspecified atom stereocenters. The molecule has 0 fully saturated rings. The molecule has 0 radical (unpaired) electrons. The summed E-state index contributed by atoms with van der Waals surface area (Å²) in [4.78, 5) is 0. The summed E-state index contributed by atoms with van der Waals surface area (Å²) in [5, 5.41) is -0.575. The van der Waals surface area contributed by atoms with E-state index in [-0.39, 0.29) is 0 Å². The van der Waals surface area contributed by atoms with E-state index in [1.54, 1.807) is 7.11 Å². The first kappa shape index (κ1) is 6.84. The van der Waals surface area contributed by atoms with Crippen LogP contribution in [0.15, 0.2) is 24.3 Å². The number of hydrogen-bond acceptors (Lipinski definition) is 1. The molecular weight excluding hydrogens is 136 g/mol. The molecule has 1 atom stereocenters. The highest BCUT2D eigenvalue weighted by Crippen LogP contribution is 2.25. The number of rotatable bonds is 1. The predicted octanol–water partition coefficient (Wildman–Crippen LogP) is 2.08. The Morgan fingerprint density at radius 3 is 2.67 bits per heavy atom. The third kappa shape index (κ3) is 1.57. The van der Waals surface area contributed by atoms with Crippen molar-refractivity contribution in [2.75, 3.05) is 7.11 Å². The molecule has 2 heteroatoms. The van der Waals surface area contributed by atoms with Gasteiger partial charge in [0.05, 0.1) is 0 Å². The minimum atomic E-state index is -0.575. The molecule has 0 bridgehead atoms. The summed E-state index contributed by atoms with van der Waals surface area (Å²) < 4.78 is 5.01. The molecule has 0 aromatic heterocycles. The van der Waals surface area contributed by atoms with Crippen LogP contribution in [0.2, 0.25) is 0 Å². The second kappa shape index (κ2) is 2.54. The van der Waals surface area contributed by atoms with Gasteiger partial charge in [-0.25, -0.2) is 0 Å². The smallest absolute Gasteiger partial charge is 0.163 e. The van der Waals surface area contributed by atoms with Gasteiger partial charge in [0.1, 0.15) is 0 Å². The van der Waals surface area contributed by atoms with Crippen LogP contribution in [-0.4, -0.2) is 12.2 Å². The van der Waals surface area contributed by atoms with Gasteiger partial charge >= 0.3 is 0 Å². The van der Waals surface area contributed by atoms with E-state index in [0.29, 0.717) is 0 Å². The maximum atomic E-state index is 5.90. The molecule has 1 aliphatic carbocycles. The van der Waals surface area contributed by atoms with Gasteiger partial charge in [-0.1, -0.05) is 29.8 Å². The van der Waals surface area contributed by atoms with Gasteiger partial charge in [0, 0.05) is 13.5 Å². The van der Waals surface area contributed by atoms with Crippen molar-refractivity contribution in [3.05, 3.63) is 24.3 Å². The summed E-state index contributed by atoms with van der Waals surface area (Å²) >= 11 is 5.90. The van der Waals surface area contributed by atoms with E-state index in [4.69, 9.17) is 16.3 Å². The molecule has 1 nitrogen and oxygen atoms in total. The van der Waals surface area contributed by atoms with Crippen LogP contribution >= 0.6 is 11.6 Å². The molecule has 0 aromatic rings. The average Bonchev–Trinajstić information content (AvgIpc) is 1.90. The van der Waals surface area contributed by atoms with Crippen molar-refractivity contribution in [2.24, 2.45) is 0 Å². The van der Waals surface area contributed by atoms with Crippen LogP contribution in [0.1, 0.15) is 6.42 Å². The lowest BCUT2D eigenvalue weighted by Gasteiger charge is -2.21. The number of ether oxygens (including phenoxy) is 1. The van der Waals surface area contributed by atoms with Gasteiger partial charge < -0.3 is 4.74 Å². The van der Waals surface area contributed by atoms with E-state index in [0.717, 1.165) is 6.42 Å². The molecule has 0 saturated heterocycles. The predicted molar refractivity (Wildman–Crippen MR) is 38.5 cm³/mol. The normalized spacial score (nSPS) is 33.1. The van der Waals surface area contributed by atoms with Crippen LogP contribution in [0.4, 0.5) is 0 Å². The summed E-state index contributed by atoms with van der Waals surface area (Å²) in [6.07, 6.45) is 8.42. The zero-order valence-electron chi connectivity index (χ0n) is 5.30. The van der Waals surface area contributed by atoms with E-state index >= 15 is 0 Å². The summed E-state index contributed by atoms with van der Waals surface area (Å²) in [6, 6.07) is 0. The number of hydrogen-bond donors (Lipinski definition) is 0. The van der Waals surface area contributed by atoms with Gasteiger partial charge in [-0.2, -0.15) is 0 Å². The second-order valence-electron chi connectivity index (χ2n) is 1.98. The fourth-order valence-corrected chi connectivity index (χ4v) is 0.888. The SMILES string of the molecule is COC1(Cl)C=CC=CC1. The molecular formula is C7H9ClO. The summed E-state index contributed by atoms with van der Waals surface area (Å²) in [5.74, 6) is 0. The number of halogens is 1. The fraction of sp³-hybridized carbons (Fsp3) is 0.429. The van der Waals surface area contributed by atoms with Gasteiger partial charge in [-0.15, -0.1) is 0 Å².